The number of ether oxygens (including phenoxy) is 1. The van der Waals surface area contributed by atoms with E-state index in [0.29, 0.717) is 6.73 Å². The molecule has 2 rings (SSSR count). The van der Waals surface area contributed by atoms with E-state index in [1.54, 1.807) is 0 Å². The minimum atomic E-state index is 0.629. The van der Waals surface area contributed by atoms with Gasteiger partial charge in [-0.05, 0) is 26.0 Å². The largest absolute Gasteiger partial charge is 0.342 e. The molecule has 0 aliphatic carbocycles. The van der Waals surface area contributed by atoms with E-state index in [1.807, 2.05) is 6.92 Å². The molecule has 0 aliphatic heterocycles. The van der Waals surface area contributed by atoms with Gasteiger partial charge in [-0.15, -0.1) is 0 Å². The number of aryl methyl sites for hydroxylation is 1. The van der Waals surface area contributed by atoms with Gasteiger partial charge in [0.2, 0.25) is 6.33 Å². The molecule has 2 aromatic rings. The van der Waals surface area contributed by atoms with Crippen molar-refractivity contribution in [3.8, 4) is 0 Å². The van der Waals surface area contributed by atoms with Crippen LogP contribution in [0.1, 0.15) is 13.8 Å². The van der Waals surface area contributed by atoms with Crippen molar-refractivity contribution in [2.24, 2.45) is 0 Å². The smallest absolute Gasteiger partial charge is 0.246 e. The van der Waals surface area contributed by atoms with Crippen LogP contribution < -0.4 is 4.57 Å². The number of rotatable bonds is 4. The molecule has 0 atom stereocenters. The molecule has 0 unspecified atom stereocenters. The Kier molecular flexibility index (Phi) is 3.02. The van der Waals surface area contributed by atoms with Gasteiger partial charge in [-0.25, -0.2) is 9.13 Å². The van der Waals surface area contributed by atoms with E-state index in [2.05, 4.69) is 46.7 Å². The second kappa shape index (κ2) is 4.45. The van der Waals surface area contributed by atoms with E-state index < -0.39 is 0 Å². The molecule has 0 aliphatic rings. The maximum Gasteiger partial charge on any atom is 0.246 e. The monoisotopic (exact) mass is 205 g/mol. The lowest BCUT2D eigenvalue weighted by Gasteiger charge is -1.96. The third-order valence-corrected chi connectivity index (χ3v) is 2.55. The first-order valence-electron chi connectivity index (χ1n) is 5.41. The molecule has 0 N–H and O–H groups in total. The first-order chi connectivity index (χ1) is 7.36. The summed E-state index contributed by atoms with van der Waals surface area (Å²) in [5.74, 6) is 0. The van der Waals surface area contributed by atoms with Gasteiger partial charge in [-0.2, -0.15) is 0 Å². The molecule has 3 heteroatoms. The Morgan fingerprint density at radius 1 is 1.27 bits per heavy atom. The zero-order valence-electron chi connectivity index (χ0n) is 9.31. The van der Waals surface area contributed by atoms with Gasteiger partial charge >= 0.3 is 0 Å². The minimum absolute atomic E-state index is 0.629. The van der Waals surface area contributed by atoms with Crippen LogP contribution >= 0.6 is 0 Å². The van der Waals surface area contributed by atoms with Gasteiger partial charge in [0.25, 0.3) is 0 Å². The van der Waals surface area contributed by atoms with Crippen LogP contribution in [0.4, 0.5) is 0 Å². The topological polar surface area (TPSA) is 18.0 Å². The fraction of sp³-hybridized carbons (Fsp3) is 0.417. The molecule has 0 fully saturated rings. The highest BCUT2D eigenvalue weighted by atomic mass is 16.5. The highest BCUT2D eigenvalue weighted by molar-refractivity contribution is 5.71. The molecule has 0 saturated heterocycles. The van der Waals surface area contributed by atoms with E-state index >= 15 is 0 Å². The Balaban J connectivity index is 2.45. The van der Waals surface area contributed by atoms with Gasteiger partial charge in [-0.3, -0.25) is 0 Å². The fourth-order valence-electron chi connectivity index (χ4n) is 1.79. The summed E-state index contributed by atoms with van der Waals surface area (Å²) < 4.78 is 9.81. The third kappa shape index (κ3) is 1.88. The summed E-state index contributed by atoms with van der Waals surface area (Å²) in [6, 6.07) is 8.39. The number of aromatic nitrogens is 2. The SMILES string of the molecule is CCOC[n+]1cn(CC)c2ccccc21. The van der Waals surface area contributed by atoms with Crippen molar-refractivity contribution in [3.63, 3.8) is 0 Å². The molecule has 1 heterocycles. The summed E-state index contributed by atoms with van der Waals surface area (Å²) in [6.07, 6.45) is 2.11. The minimum Gasteiger partial charge on any atom is -0.342 e. The summed E-state index contributed by atoms with van der Waals surface area (Å²) in [5, 5.41) is 0. The Morgan fingerprint density at radius 3 is 2.80 bits per heavy atom. The number of benzene rings is 1. The number of imidazole rings is 1. The predicted octanol–water partition coefficient (Wildman–Crippen LogP) is 1.94. The summed E-state index contributed by atoms with van der Waals surface area (Å²) >= 11 is 0. The maximum absolute atomic E-state index is 5.44. The van der Waals surface area contributed by atoms with E-state index in [9.17, 15) is 0 Å². The van der Waals surface area contributed by atoms with Crippen LogP contribution in [-0.2, 0) is 18.0 Å². The fourth-order valence-corrected chi connectivity index (χ4v) is 1.79. The second-order valence-electron chi connectivity index (χ2n) is 3.48. The number of nitrogens with zero attached hydrogens (tertiary/aromatic N) is 2. The maximum atomic E-state index is 5.44. The van der Waals surface area contributed by atoms with Gasteiger partial charge in [-0.1, -0.05) is 12.1 Å². The van der Waals surface area contributed by atoms with Crippen LogP contribution in [-0.4, -0.2) is 11.2 Å². The molecular formula is C12H17N2O+. The zero-order valence-corrected chi connectivity index (χ0v) is 9.31. The van der Waals surface area contributed by atoms with Crippen LogP contribution in [0.15, 0.2) is 30.6 Å². The molecule has 0 saturated carbocycles. The van der Waals surface area contributed by atoms with Crippen molar-refractivity contribution < 1.29 is 9.30 Å². The summed E-state index contributed by atoms with van der Waals surface area (Å²) in [7, 11) is 0. The van der Waals surface area contributed by atoms with E-state index in [1.165, 1.54) is 11.0 Å². The molecular weight excluding hydrogens is 188 g/mol. The Labute approximate surface area is 89.9 Å². The van der Waals surface area contributed by atoms with Crippen molar-refractivity contribution in [1.82, 2.24) is 4.57 Å². The third-order valence-electron chi connectivity index (χ3n) is 2.55. The van der Waals surface area contributed by atoms with Crippen LogP contribution in [0.25, 0.3) is 11.0 Å². The normalized spacial score (nSPS) is 11.1. The highest BCUT2D eigenvalue weighted by Gasteiger charge is 2.12. The van der Waals surface area contributed by atoms with Crippen molar-refractivity contribution in [2.75, 3.05) is 6.61 Å². The molecule has 0 amide bonds. The first kappa shape index (κ1) is 10.2. The Morgan fingerprint density at radius 2 is 2.07 bits per heavy atom. The quantitative estimate of drug-likeness (QED) is 0.698. The first-order valence-corrected chi connectivity index (χ1v) is 5.41. The standard InChI is InChI=1S/C12H17N2O/c1-3-13-9-14(10-15-4-2)12-8-6-5-7-11(12)13/h5-9H,3-4,10H2,1-2H3/q+1. The molecule has 3 nitrogen and oxygen atoms in total. The summed E-state index contributed by atoms with van der Waals surface area (Å²) in [5.41, 5.74) is 2.49. The van der Waals surface area contributed by atoms with Crippen LogP contribution in [0.2, 0.25) is 0 Å². The average Bonchev–Trinajstić information content (AvgIpc) is 2.65. The summed E-state index contributed by atoms with van der Waals surface area (Å²) in [4.78, 5) is 0. The second-order valence-corrected chi connectivity index (χ2v) is 3.48. The summed E-state index contributed by atoms with van der Waals surface area (Å²) in [6.45, 7) is 6.53. The molecule has 0 radical (unpaired) electrons. The lowest BCUT2D eigenvalue weighted by Crippen LogP contribution is -2.33. The van der Waals surface area contributed by atoms with Crippen molar-refractivity contribution in [1.29, 1.82) is 0 Å². The number of hydrogen-bond acceptors (Lipinski definition) is 1. The predicted molar refractivity (Wildman–Crippen MR) is 59.4 cm³/mol. The van der Waals surface area contributed by atoms with Gasteiger partial charge in [0.05, 0.1) is 6.54 Å². The number of para-hydroxylation sites is 2. The molecule has 0 bridgehead atoms. The van der Waals surface area contributed by atoms with Gasteiger partial charge in [0, 0.05) is 6.61 Å². The average molecular weight is 205 g/mol. The Bertz CT molecular complexity index is 448. The van der Waals surface area contributed by atoms with Crippen molar-refractivity contribution in [3.05, 3.63) is 30.6 Å². The van der Waals surface area contributed by atoms with Crippen molar-refractivity contribution in [2.45, 2.75) is 27.1 Å². The molecule has 0 spiro atoms. The van der Waals surface area contributed by atoms with Crippen LogP contribution in [0.3, 0.4) is 0 Å². The van der Waals surface area contributed by atoms with Gasteiger partial charge < -0.3 is 4.74 Å². The van der Waals surface area contributed by atoms with E-state index in [4.69, 9.17) is 4.74 Å². The lowest BCUT2D eigenvalue weighted by molar-refractivity contribution is -0.709. The molecule has 1 aromatic heterocycles. The van der Waals surface area contributed by atoms with Gasteiger partial charge in [0.1, 0.15) is 0 Å². The van der Waals surface area contributed by atoms with E-state index in [0.717, 1.165) is 13.2 Å². The zero-order chi connectivity index (χ0) is 10.7. The molecule has 15 heavy (non-hydrogen) atoms. The van der Waals surface area contributed by atoms with Crippen LogP contribution in [0.5, 0.6) is 0 Å². The lowest BCUT2D eigenvalue weighted by atomic mass is 10.3. The number of hydrogen-bond donors (Lipinski definition) is 0. The number of fused-ring (bicyclic) bond motifs is 1. The van der Waals surface area contributed by atoms with Gasteiger partial charge in [0.15, 0.2) is 17.8 Å². The van der Waals surface area contributed by atoms with Crippen molar-refractivity contribution >= 4 is 11.0 Å². The van der Waals surface area contributed by atoms with E-state index in [-0.39, 0.29) is 0 Å². The molecule has 80 valence electrons. The molecule has 1 aromatic carbocycles. The Hall–Kier alpha value is -1.35. The van der Waals surface area contributed by atoms with Crippen LogP contribution in [0, 0.1) is 0 Å². The highest BCUT2D eigenvalue weighted by Crippen LogP contribution is 2.10.